The zero-order valence-electron chi connectivity index (χ0n) is 11.7. The van der Waals surface area contributed by atoms with Crippen molar-refractivity contribution in [1.29, 1.82) is 0 Å². The molecule has 1 fully saturated rings. The molecule has 1 amide bonds. The Bertz CT molecular complexity index is 570. The molecule has 1 aliphatic rings. The van der Waals surface area contributed by atoms with Gasteiger partial charge >= 0.3 is 0 Å². The van der Waals surface area contributed by atoms with Gasteiger partial charge in [-0.25, -0.2) is 4.39 Å². The minimum absolute atomic E-state index is 0.0912. The monoisotopic (exact) mass is 296 g/mol. The minimum Gasteiger partial charge on any atom is -0.388 e. The Hall–Kier alpha value is -2.02. The van der Waals surface area contributed by atoms with Crippen molar-refractivity contribution in [2.75, 3.05) is 13.6 Å². The molecule has 114 valence electrons. The Morgan fingerprint density at radius 1 is 1.48 bits per heavy atom. The van der Waals surface area contributed by atoms with Gasteiger partial charge in [0, 0.05) is 25.7 Å². The van der Waals surface area contributed by atoms with Gasteiger partial charge in [-0.3, -0.25) is 14.9 Å². The van der Waals surface area contributed by atoms with Crippen LogP contribution in [0.4, 0.5) is 10.1 Å². The molecule has 0 heterocycles. The predicted octanol–water partition coefficient (Wildman–Crippen LogP) is 2.11. The third-order valence-electron chi connectivity index (χ3n) is 3.80. The Labute approximate surface area is 121 Å². The summed E-state index contributed by atoms with van der Waals surface area (Å²) < 4.78 is 13.7. The van der Waals surface area contributed by atoms with Crippen molar-refractivity contribution in [2.45, 2.75) is 31.3 Å². The summed E-state index contributed by atoms with van der Waals surface area (Å²) in [6, 6.07) is 2.84. The molecule has 0 radical (unpaired) electrons. The summed E-state index contributed by atoms with van der Waals surface area (Å²) in [7, 11) is 1.46. The number of likely N-dealkylation sites (N-methyl/N-ethyl adjacent to an activating group) is 1. The number of nitrogens with zero attached hydrogens (tertiary/aromatic N) is 2. The number of hydrogen-bond donors (Lipinski definition) is 1. The molecule has 0 bridgehead atoms. The van der Waals surface area contributed by atoms with Gasteiger partial charge in [-0.1, -0.05) is 12.8 Å². The van der Waals surface area contributed by atoms with Crippen LogP contribution in [0.3, 0.4) is 0 Å². The van der Waals surface area contributed by atoms with E-state index in [1.165, 1.54) is 11.9 Å². The highest BCUT2D eigenvalue weighted by Gasteiger charge is 2.34. The number of nitro groups is 1. The van der Waals surface area contributed by atoms with E-state index in [-0.39, 0.29) is 17.8 Å². The molecule has 7 heteroatoms. The van der Waals surface area contributed by atoms with Crippen LogP contribution in [0.1, 0.15) is 36.0 Å². The summed E-state index contributed by atoms with van der Waals surface area (Å²) in [5, 5.41) is 21.0. The lowest BCUT2D eigenvalue weighted by Crippen LogP contribution is -2.42. The first kappa shape index (κ1) is 15.4. The van der Waals surface area contributed by atoms with Crippen LogP contribution in [0.5, 0.6) is 0 Å². The average molecular weight is 296 g/mol. The molecule has 1 N–H and O–H groups in total. The van der Waals surface area contributed by atoms with Crippen LogP contribution in [0, 0.1) is 15.9 Å². The maximum atomic E-state index is 13.7. The maximum Gasteiger partial charge on any atom is 0.270 e. The molecular formula is C14H17FN2O4. The number of hydrogen-bond acceptors (Lipinski definition) is 4. The fourth-order valence-corrected chi connectivity index (χ4v) is 2.70. The second kappa shape index (κ2) is 5.77. The highest BCUT2D eigenvalue weighted by atomic mass is 19.1. The molecule has 0 saturated heterocycles. The van der Waals surface area contributed by atoms with E-state index in [0.717, 1.165) is 31.0 Å². The van der Waals surface area contributed by atoms with Gasteiger partial charge in [-0.15, -0.1) is 0 Å². The second-order valence-electron chi connectivity index (χ2n) is 5.51. The van der Waals surface area contributed by atoms with E-state index >= 15 is 0 Å². The Morgan fingerprint density at radius 3 is 2.67 bits per heavy atom. The molecule has 1 aliphatic carbocycles. The summed E-state index contributed by atoms with van der Waals surface area (Å²) in [6.07, 6.45) is 2.98. The van der Waals surface area contributed by atoms with Gasteiger partial charge in [-0.05, 0) is 18.9 Å². The summed E-state index contributed by atoms with van der Waals surface area (Å²) >= 11 is 0. The highest BCUT2D eigenvalue weighted by Crippen LogP contribution is 2.30. The minimum atomic E-state index is -0.943. The van der Waals surface area contributed by atoms with E-state index in [1.807, 2.05) is 0 Å². The number of halogens is 1. The fraction of sp³-hybridized carbons (Fsp3) is 0.500. The lowest BCUT2D eigenvalue weighted by Gasteiger charge is -2.28. The third kappa shape index (κ3) is 3.36. The molecule has 0 atom stereocenters. The number of carbonyl (C=O) groups is 1. The maximum absolute atomic E-state index is 13.7. The summed E-state index contributed by atoms with van der Waals surface area (Å²) in [6.45, 7) is 0.0912. The zero-order chi connectivity index (χ0) is 15.6. The van der Waals surface area contributed by atoms with Gasteiger partial charge in [0.15, 0.2) is 0 Å². The molecule has 21 heavy (non-hydrogen) atoms. The summed E-state index contributed by atoms with van der Waals surface area (Å²) in [4.78, 5) is 23.5. The number of amides is 1. The van der Waals surface area contributed by atoms with Gasteiger partial charge < -0.3 is 10.0 Å². The SMILES string of the molecule is CN(CC1(O)CCCC1)C(=O)c1cc([N+](=O)[O-])ccc1F. The molecule has 0 spiro atoms. The summed E-state index contributed by atoms with van der Waals surface area (Å²) in [5.41, 5.74) is -1.64. The van der Waals surface area contributed by atoms with Crippen LogP contribution < -0.4 is 0 Å². The number of nitro benzene ring substituents is 1. The molecule has 6 nitrogen and oxygen atoms in total. The van der Waals surface area contributed by atoms with Gasteiger partial charge in [0.2, 0.25) is 0 Å². The normalized spacial score (nSPS) is 16.7. The Balaban J connectivity index is 2.18. The van der Waals surface area contributed by atoms with E-state index in [0.29, 0.717) is 12.8 Å². The first-order valence-corrected chi connectivity index (χ1v) is 6.74. The molecule has 0 unspecified atom stereocenters. The number of rotatable bonds is 4. The quantitative estimate of drug-likeness (QED) is 0.681. The van der Waals surface area contributed by atoms with E-state index in [4.69, 9.17) is 0 Å². The number of carbonyl (C=O) groups excluding carboxylic acids is 1. The third-order valence-corrected chi connectivity index (χ3v) is 3.80. The van der Waals surface area contributed by atoms with Gasteiger partial charge in [0.05, 0.1) is 16.1 Å². The Kier molecular flexibility index (Phi) is 4.22. The molecule has 0 aromatic heterocycles. The molecule has 1 aromatic carbocycles. The largest absolute Gasteiger partial charge is 0.388 e. The standard InChI is InChI=1S/C14H17FN2O4/c1-16(9-14(19)6-2-3-7-14)13(18)11-8-10(17(20)21)4-5-12(11)15/h4-5,8,19H,2-3,6-7,9H2,1H3. The van der Waals surface area contributed by atoms with Crippen LogP contribution in [0.2, 0.25) is 0 Å². The van der Waals surface area contributed by atoms with E-state index in [1.54, 1.807) is 0 Å². The van der Waals surface area contributed by atoms with Crippen LogP contribution >= 0.6 is 0 Å². The first-order valence-electron chi connectivity index (χ1n) is 6.74. The molecular weight excluding hydrogens is 279 g/mol. The molecule has 1 aromatic rings. The number of aliphatic hydroxyl groups is 1. The van der Waals surface area contributed by atoms with Gasteiger partial charge in [-0.2, -0.15) is 0 Å². The van der Waals surface area contributed by atoms with Crippen LogP contribution in [-0.2, 0) is 0 Å². The van der Waals surface area contributed by atoms with E-state index in [2.05, 4.69) is 0 Å². The van der Waals surface area contributed by atoms with Crippen molar-refractivity contribution in [3.05, 3.63) is 39.7 Å². The van der Waals surface area contributed by atoms with Crippen molar-refractivity contribution >= 4 is 11.6 Å². The van der Waals surface area contributed by atoms with E-state index in [9.17, 15) is 24.4 Å². The van der Waals surface area contributed by atoms with Crippen LogP contribution in [0.15, 0.2) is 18.2 Å². The highest BCUT2D eigenvalue weighted by molar-refractivity contribution is 5.95. The van der Waals surface area contributed by atoms with E-state index < -0.39 is 22.2 Å². The lowest BCUT2D eigenvalue weighted by atomic mass is 10.0. The number of non-ortho nitro benzene ring substituents is 1. The lowest BCUT2D eigenvalue weighted by molar-refractivity contribution is -0.384. The Morgan fingerprint density at radius 2 is 2.10 bits per heavy atom. The smallest absolute Gasteiger partial charge is 0.270 e. The topological polar surface area (TPSA) is 83.7 Å². The van der Waals surface area contributed by atoms with Gasteiger partial charge in [0.1, 0.15) is 5.82 Å². The van der Waals surface area contributed by atoms with Crippen LogP contribution in [0.25, 0.3) is 0 Å². The van der Waals surface area contributed by atoms with Crippen LogP contribution in [-0.4, -0.2) is 40.0 Å². The van der Waals surface area contributed by atoms with Crippen molar-refractivity contribution in [3.8, 4) is 0 Å². The molecule has 1 saturated carbocycles. The second-order valence-corrected chi connectivity index (χ2v) is 5.51. The van der Waals surface area contributed by atoms with Crippen molar-refractivity contribution < 1.29 is 19.2 Å². The molecule has 0 aliphatic heterocycles. The van der Waals surface area contributed by atoms with Crippen molar-refractivity contribution in [1.82, 2.24) is 4.90 Å². The van der Waals surface area contributed by atoms with Crippen molar-refractivity contribution in [2.24, 2.45) is 0 Å². The average Bonchev–Trinajstić information content (AvgIpc) is 2.84. The first-order chi connectivity index (χ1) is 9.82. The fourth-order valence-electron chi connectivity index (χ4n) is 2.70. The van der Waals surface area contributed by atoms with Gasteiger partial charge in [0.25, 0.3) is 11.6 Å². The number of benzene rings is 1. The molecule has 2 rings (SSSR count). The summed E-state index contributed by atoms with van der Waals surface area (Å²) in [5.74, 6) is -1.48. The predicted molar refractivity (Wildman–Crippen MR) is 73.4 cm³/mol. The zero-order valence-corrected chi connectivity index (χ0v) is 11.7. The van der Waals surface area contributed by atoms with Crippen molar-refractivity contribution in [3.63, 3.8) is 0 Å².